The lowest BCUT2D eigenvalue weighted by molar-refractivity contribution is -0.125. The molecule has 5 rings (SSSR count). The maximum Gasteiger partial charge on any atom is 0.332 e. The summed E-state index contributed by atoms with van der Waals surface area (Å²) < 4.78 is 2.96. The molecule has 28 heavy (non-hydrogen) atoms. The standard InChI is InChI=1S/C20H28N4O3S/c1-3-11-23-14-13(15(25)24(12-4-2)18(23)27)21-16(22-14)19-5-8-20(9-6-19,10-7-19)17(26)28/h3-12H2,1-2H3,(H,21,22)(H,26,28). The van der Waals surface area contributed by atoms with Crippen LogP contribution in [0.5, 0.6) is 0 Å². The quantitative estimate of drug-likeness (QED) is 0.725. The number of carbonyl (C=O) groups is 1. The number of H-pyrrole nitrogens is 1. The van der Waals surface area contributed by atoms with Gasteiger partial charge in [-0.15, -0.1) is 12.6 Å². The summed E-state index contributed by atoms with van der Waals surface area (Å²) in [7, 11) is 0. The largest absolute Gasteiger partial charge is 0.336 e. The monoisotopic (exact) mass is 404 g/mol. The third kappa shape index (κ3) is 2.71. The van der Waals surface area contributed by atoms with E-state index < -0.39 is 0 Å². The summed E-state index contributed by atoms with van der Waals surface area (Å²) in [5, 5.41) is 0.00430. The summed E-state index contributed by atoms with van der Waals surface area (Å²) >= 11 is 4.13. The zero-order valence-electron chi connectivity index (χ0n) is 16.6. The number of fused-ring (bicyclic) bond motifs is 4. The Kier molecular flexibility index (Phi) is 4.80. The first-order valence-corrected chi connectivity index (χ1v) is 10.8. The van der Waals surface area contributed by atoms with Gasteiger partial charge in [0.05, 0.1) is 0 Å². The molecule has 2 aromatic rings. The van der Waals surface area contributed by atoms with E-state index in [2.05, 4.69) is 17.6 Å². The van der Waals surface area contributed by atoms with Crippen molar-refractivity contribution in [1.29, 1.82) is 0 Å². The highest BCUT2D eigenvalue weighted by atomic mass is 32.1. The molecule has 7 nitrogen and oxygen atoms in total. The number of nitrogens with zero attached hydrogens (tertiary/aromatic N) is 3. The topological polar surface area (TPSA) is 89.8 Å². The Hall–Kier alpha value is -1.83. The average molecular weight is 405 g/mol. The summed E-state index contributed by atoms with van der Waals surface area (Å²) in [6, 6.07) is 0. The summed E-state index contributed by atoms with van der Waals surface area (Å²) in [6.07, 6.45) is 6.54. The number of aromatic amines is 1. The Bertz CT molecular complexity index is 1020. The highest BCUT2D eigenvalue weighted by Gasteiger charge is 2.53. The van der Waals surface area contributed by atoms with Gasteiger partial charge in [-0.05, 0) is 51.4 Å². The van der Waals surface area contributed by atoms with Crippen molar-refractivity contribution in [2.75, 3.05) is 0 Å². The molecule has 3 aliphatic rings. The Morgan fingerprint density at radius 3 is 2.14 bits per heavy atom. The average Bonchev–Trinajstić information content (AvgIpc) is 3.16. The lowest BCUT2D eigenvalue weighted by atomic mass is 9.54. The van der Waals surface area contributed by atoms with Crippen molar-refractivity contribution >= 4 is 28.9 Å². The summed E-state index contributed by atoms with van der Waals surface area (Å²) in [5.41, 5.74) is -0.0758. The van der Waals surface area contributed by atoms with Crippen LogP contribution in [-0.2, 0) is 23.3 Å². The maximum absolute atomic E-state index is 13.0. The number of imidazole rings is 1. The van der Waals surface area contributed by atoms with E-state index >= 15 is 0 Å². The Labute approximate surface area is 169 Å². The van der Waals surface area contributed by atoms with Crippen LogP contribution in [0.4, 0.5) is 0 Å². The molecule has 0 aliphatic heterocycles. The zero-order chi connectivity index (χ0) is 20.1. The second-order valence-corrected chi connectivity index (χ2v) is 8.95. The van der Waals surface area contributed by atoms with E-state index in [-0.39, 0.29) is 27.2 Å². The second-order valence-electron chi connectivity index (χ2n) is 8.54. The first kappa shape index (κ1) is 19.5. The van der Waals surface area contributed by atoms with Gasteiger partial charge in [0, 0.05) is 23.9 Å². The fraction of sp³-hybridized carbons (Fsp3) is 0.700. The molecule has 3 saturated carbocycles. The molecule has 2 heterocycles. The van der Waals surface area contributed by atoms with Gasteiger partial charge in [-0.3, -0.25) is 18.7 Å². The lowest BCUT2D eigenvalue weighted by Gasteiger charge is -2.51. The normalized spacial score (nSPS) is 26.8. The van der Waals surface area contributed by atoms with Crippen LogP contribution in [0.25, 0.3) is 11.2 Å². The fourth-order valence-corrected chi connectivity index (χ4v) is 5.46. The van der Waals surface area contributed by atoms with E-state index in [1.807, 2.05) is 13.8 Å². The van der Waals surface area contributed by atoms with E-state index in [1.54, 1.807) is 4.57 Å². The fourth-order valence-electron chi connectivity index (χ4n) is 5.13. The molecule has 0 spiro atoms. The number of carbonyl (C=O) groups excluding carboxylic acids is 1. The van der Waals surface area contributed by atoms with Crippen molar-refractivity contribution < 1.29 is 4.79 Å². The smallest absolute Gasteiger partial charge is 0.332 e. The van der Waals surface area contributed by atoms with Crippen LogP contribution in [0.3, 0.4) is 0 Å². The molecule has 0 saturated heterocycles. The SMILES string of the molecule is CCCn1c(=O)c2[nH]c(C34CCC(C(=O)S)(CC3)CC4)nc2n(CCC)c1=O. The lowest BCUT2D eigenvalue weighted by Crippen LogP contribution is -2.47. The molecule has 2 bridgehead atoms. The van der Waals surface area contributed by atoms with Crippen LogP contribution in [-0.4, -0.2) is 24.2 Å². The van der Waals surface area contributed by atoms with Crippen LogP contribution in [0.15, 0.2) is 9.59 Å². The molecule has 0 amide bonds. The zero-order valence-corrected chi connectivity index (χ0v) is 17.5. The van der Waals surface area contributed by atoms with Gasteiger partial charge in [0.15, 0.2) is 10.8 Å². The molecule has 3 fully saturated rings. The summed E-state index contributed by atoms with van der Waals surface area (Å²) in [4.78, 5) is 46.0. The molecule has 8 heteroatoms. The molecule has 1 N–H and O–H groups in total. The van der Waals surface area contributed by atoms with Crippen molar-refractivity contribution in [3.8, 4) is 0 Å². The van der Waals surface area contributed by atoms with E-state index in [0.717, 1.165) is 57.2 Å². The van der Waals surface area contributed by atoms with Crippen LogP contribution < -0.4 is 11.2 Å². The van der Waals surface area contributed by atoms with Gasteiger partial charge in [0.2, 0.25) is 0 Å². The molecule has 3 aliphatic carbocycles. The maximum atomic E-state index is 13.0. The van der Waals surface area contributed by atoms with E-state index in [9.17, 15) is 14.4 Å². The summed E-state index contributed by atoms with van der Waals surface area (Å²) in [6.45, 7) is 4.91. The molecule has 152 valence electrons. The van der Waals surface area contributed by atoms with Gasteiger partial charge in [0.25, 0.3) is 5.56 Å². The first-order chi connectivity index (χ1) is 13.4. The molecule has 0 unspecified atom stereocenters. The third-order valence-corrected chi connectivity index (χ3v) is 7.43. The van der Waals surface area contributed by atoms with Crippen LogP contribution in [0, 0.1) is 5.41 Å². The molecule has 2 aromatic heterocycles. The molecule has 0 aromatic carbocycles. The molecule has 0 radical (unpaired) electrons. The van der Waals surface area contributed by atoms with Gasteiger partial charge in [-0.1, -0.05) is 13.8 Å². The van der Waals surface area contributed by atoms with Gasteiger partial charge in [-0.2, -0.15) is 0 Å². The number of hydrogen-bond donors (Lipinski definition) is 2. The highest BCUT2D eigenvalue weighted by molar-refractivity contribution is 7.96. The number of thiol groups is 1. The number of hydrogen-bond acceptors (Lipinski definition) is 4. The minimum atomic E-state index is -0.283. The van der Waals surface area contributed by atoms with E-state index in [0.29, 0.717) is 24.3 Å². The highest BCUT2D eigenvalue weighted by Crippen LogP contribution is 2.57. The van der Waals surface area contributed by atoms with Gasteiger partial charge < -0.3 is 4.98 Å². The number of aryl methyl sites for hydroxylation is 1. The van der Waals surface area contributed by atoms with E-state index in [1.165, 1.54) is 4.57 Å². The predicted molar refractivity (Wildman–Crippen MR) is 111 cm³/mol. The summed E-state index contributed by atoms with van der Waals surface area (Å²) in [5.74, 6) is 0.804. The number of aromatic nitrogens is 4. The van der Waals surface area contributed by atoms with Crippen molar-refractivity contribution in [3.05, 3.63) is 26.7 Å². The number of nitrogens with one attached hydrogen (secondary N) is 1. The predicted octanol–water partition coefficient (Wildman–Crippen LogP) is 2.75. The third-order valence-electron chi connectivity index (χ3n) is 6.96. The molecular formula is C20H28N4O3S. The van der Waals surface area contributed by atoms with Crippen molar-refractivity contribution in [1.82, 2.24) is 19.1 Å². The van der Waals surface area contributed by atoms with Crippen LogP contribution in [0.2, 0.25) is 0 Å². The Morgan fingerprint density at radius 1 is 1.04 bits per heavy atom. The van der Waals surface area contributed by atoms with Crippen molar-refractivity contribution in [3.63, 3.8) is 0 Å². The number of rotatable bonds is 6. The van der Waals surface area contributed by atoms with Crippen molar-refractivity contribution in [2.45, 2.75) is 83.7 Å². The van der Waals surface area contributed by atoms with Gasteiger partial charge in [-0.25, -0.2) is 9.78 Å². The Morgan fingerprint density at radius 2 is 1.61 bits per heavy atom. The first-order valence-electron chi connectivity index (χ1n) is 10.3. The minimum absolute atomic E-state index is 0.00430. The minimum Gasteiger partial charge on any atom is -0.336 e. The second kappa shape index (κ2) is 6.90. The van der Waals surface area contributed by atoms with E-state index in [4.69, 9.17) is 4.98 Å². The van der Waals surface area contributed by atoms with Crippen LogP contribution >= 0.6 is 12.6 Å². The van der Waals surface area contributed by atoms with Crippen LogP contribution in [0.1, 0.15) is 71.0 Å². The molecular weight excluding hydrogens is 376 g/mol. The Balaban J connectivity index is 1.84. The van der Waals surface area contributed by atoms with Crippen molar-refractivity contribution in [2.24, 2.45) is 5.41 Å². The molecule has 0 atom stereocenters. The van der Waals surface area contributed by atoms with Gasteiger partial charge >= 0.3 is 5.69 Å². The van der Waals surface area contributed by atoms with Gasteiger partial charge in [0.1, 0.15) is 11.3 Å².